The minimum Gasteiger partial charge on any atom is -0.385 e. The molecule has 188 valence electrons. The van der Waals surface area contributed by atoms with Crippen LogP contribution in [0.2, 0.25) is 0 Å². The largest absolute Gasteiger partial charge is 0.385 e. The van der Waals surface area contributed by atoms with Gasteiger partial charge in [-0.05, 0) is 31.4 Å². The Balaban J connectivity index is 1.28. The van der Waals surface area contributed by atoms with Crippen LogP contribution in [0.1, 0.15) is 37.7 Å². The summed E-state index contributed by atoms with van der Waals surface area (Å²) in [5.41, 5.74) is 0.611. The van der Waals surface area contributed by atoms with Crippen LogP contribution >= 0.6 is 0 Å². The van der Waals surface area contributed by atoms with Crippen molar-refractivity contribution in [1.82, 2.24) is 19.8 Å². The summed E-state index contributed by atoms with van der Waals surface area (Å²) in [4.78, 5) is 33.1. The summed E-state index contributed by atoms with van der Waals surface area (Å²) in [6.07, 6.45) is 3.70. The number of amidine groups is 1. The lowest BCUT2D eigenvalue weighted by atomic mass is 10.1. The van der Waals surface area contributed by atoms with Gasteiger partial charge in [-0.2, -0.15) is 0 Å². The monoisotopic (exact) mass is 493 g/mol. The Hall–Kier alpha value is -2.50. The summed E-state index contributed by atoms with van der Waals surface area (Å²) in [5.74, 6) is 0.550. The maximum atomic E-state index is 12.5. The topological polar surface area (TPSA) is 120 Å². The van der Waals surface area contributed by atoms with Gasteiger partial charge in [0, 0.05) is 65.0 Å². The molecular weight excluding hydrogens is 458 g/mol. The molecule has 3 rings (SSSR count). The summed E-state index contributed by atoms with van der Waals surface area (Å²) >= 11 is 0. The van der Waals surface area contributed by atoms with Gasteiger partial charge in [-0.25, -0.2) is 8.42 Å². The maximum absolute atomic E-state index is 12.5. The predicted octanol–water partition coefficient (Wildman–Crippen LogP) is 0.582. The summed E-state index contributed by atoms with van der Waals surface area (Å²) < 4.78 is 31.7. The van der Waals surface area contributed by atoms with Crippen LogP contribution in [0.5, 0.6) is 0 Å². The molecule has 2 amide bonds. The van der Waals surface area contributed by atoms with Crippen molar-refractivity contribution in [2.24, 2.45) is 4.99 Å². The molecule has 34 heavy (non-hydrogen) atoms. The highest BCUT2D eigenvalue weighted by molar-refractivity contribution is 7.90. The van der Waals surface area contributed by atoms with Gasteiger partial charge in [0.2, 0.25) is 11.8 Å². The van der Waals surface area contributed by atoms with Crippen LogP contribution in [0, 0.1) is 0 Å². The zero-order valence-electron chi connectivity index (χ0n) is 19.8. The van der Waals surface area contributed by atoms with E-state index in [1.807, 2.05) is 4.90 Å². The molecule has 11 heteroatoms. The van der Waals surface area contributed by atoms with Crippen LogP contribution in [0.25, 0.3) is 0 Å². The Bertz CT molecular complexity index is 974. The number of aliphatic imine (C=N–C) groups is 1. The van der Waals surface area contributed by atoms with E-state index in [2.05, 4.69) is 19.9 Å². The van der Waals surface area contributed by atoms with Crippen molar-refractivity contribution in [3.63, 3.8) is 0 Å². The lowest BCUT2D eigenvalue weighted by molar-refractivity contribution is -0.133. The molecule has 0 bridgehead atoms. The van der Waals surface area contributed by atoms with E-state index in [0.29, 0.717) is 70.2 Å². The number of fused-ring (bicyclic) bond motifs is 1. The molecule has 0 saturated carbocycles. The average molecular weight is 494 g/mol. The van der Waals surface area contributed by atoms with Gasteiger partial charge in [0.15, 0.2) is 0 Å². The molecule has 0 atom stereocenters. The number of ether oxygens (including phenoxy) is 1. The Kier molecular flexibility index (Phi) is 9.85. The van der Waals surface area contributed by atoms with E-state index < -0.39 is 10.0 Å². The number of piperazine rings is 1. The van der Waals surface area contributed by atoms with Crippen molar-refractivity contribution in [2.75, 3.05) is 59.5 Å². The number of unbranched alkanes of at least 4 members (excludes halogenated alkanes) is 2. The van der Waals surface area contributed by atoms with Gasteiger partial charge in [0.05, 0.1) is 11.4 Å². The summed E-state index contributed by atoms with van der Waals surface area (Å²) in [5, 5.41) is 2.89. The lowest BCUT2D eigenvalue weighted by Gasteiger charge is -2.34. The van der Waals surface area contributed by atoms with Gasteiger partial charge >= 0.3 is 0 Å². The van der Waals surface area contributed by atoms with Crippen molar-refractivity contribution in [3.05, 3.63) is 29.8 Å². The molecule has 1 aromatic rings. The molecule has 1 saturated heterocycles. The molecule has 1 aromatic carbocycles. The fourth-order valence-corrected chi connectivity index (χ4v) is 5.27. The number of benzene rings is 1. The molecular formula is C23H35N5O5S. The summed E-state index contributed by atoms with van der Waals surface area (Å²) in [7, 11) is -1.86. The Labute approximate surface area is 201 Å². The van der Waals surface area contributed by atoms with Crippen molar-refractivity contribution in [1.29, 1.82) is 0 Å². The van der Waals surface area contributed by atoms with Crippen LogP contribution in [-0.2, 0) is 24.3 Å². The standard InChI is InChI=1S/C23H35N5O5S/c1-33-17-7-12-24-21(29)18-27-13-15-28(16-14-27)22(30)10-3-2-6-11-25-23-19-8-4-5-9-20(19)34(31,32)26-23/h4-5,8-9H,2-3,6-7,10-18H2,1H3,(H,24,29)(H,25,26). The second-order valence-electron chi connectivity index (χ2n) is 8.50. The first kappa shape index (κ1) is 26.1. The highest BCUT2D eigenvalue weighted by Gasteiger charge is 2.29. The molecule has 0 unspecified atom stereocenters. The maximum Gasteiger partial charge on any atom is 0.263 e. The van der Waals surface area contributed by atoms with Crippen LogP contribution in [0.3, 0.4) is 0 Å². The minimum absolute atomic E-state index is 0.00773. The third-order valence-electron chi connectivity index (χ3n) is 5.92. The summed E-state index contributed by atoms with van der Waals surface area (Å²) in [6.45, 7) is 4.79. The smallest absolute Gasteiger partial charge is 0.263 e. The molecule has 10 nitrogen and oxygen atoms in total. The molecule has 0 radical (unpaired) electrons. The Morgan fingerprint density at radius 3 is 2.62 bits per heavy atom. The van der Waals surface area contributed by atoms with E-state index in [1.165, 1.54) is 0 Å². The number of carbonyl (C=O) groups excluding carboxylic acids is 2. The number of amides is 2. The molecule has 2 aliphatic heterocycles. The average Bonchev–Trinajstić information content (AvgIpc) is 3.09. The zero-order valence-corrected chi connectivity index (χ0v) is 20.6. The second kappa shape index (κ2) is 12.8. The molecule has 0 aliphatic carbocycles. The van der Waals surface area contributed by atoms with E-state index >= 15 is 0 Å². The number of methoxy groups -OCH3 is 1. The number of nitrogens with zero attached hydrogens (tertiary/aromatic N) is 3. The Morgan fingerprint density at radius 1 is 1.09 bits per heavy atom. The number of sulfonamides is 1. The quantitative estimate of drug-likeness (QED) is 0.411. The predicted molar refractivity (Wildman–Crippen MR) is 129 cm³/mol. The molecule has 0 spiro atoms. The first-order valence-electron chi connectivity index (χ1n) is 11.8. The van der Waals surface area contributed by atoms with E-state index in [9.17, 15) is 18.0 Å². The fraction of sp³-hybridized carbons (Fsp3) is 0.609. The second-order valence-corrected chi connectivity index (χ2v) is 10.1. The van der Waals surface area contributed by atoms with E-state index in [-0.39, 0.29) is 16.7 Å². The van der Waals surface area contributed by atoms with Crippen molar-refractivity contribution in [2.45, 2.75) is 37.0 Å². The van der Waals surface area contributed by atoms with Crippen LogP contribution in [0.15, 0.2) is 34.2 Å². The normalized spacial score (nSPS) is 18.5. The van der Waals surface area contributed by atoms with Crippen LogP contribution in [-0.4, -0.2) is 95.4 Å². The van der Waals surface area contributed by atoms with Gasteiger partial charge < -0.3 is 15.0 Å². The fourth-order valence-electron chi connectivity index (χ4n) is 4.02. The van der Waals surface area contributed by atoms with Crippen molar-refractivity contribution in [3.8, 4) is 0 Å². The molecule has 1 fully saturated rings. The lowest BCUT2D eigenvalue weighted by Crippen LogP contribution is -2.51. The Morgan fingerprint density at radius 2 is 1.85 bits per heavy atom. The third-order valence-corrected chi connectivity index (χ3v) is 7.32. The van der Waals surface area contributed by atoms with Gasteiger partial charge in [-0.3, -0.25) is 24.2 Å². The van der Waals surface area contributed by atoms with Crippen molar-refractivity contribution < 1.29 is 22.7 Å². The minimum atomic E-state index is -3.50. The third kappa shape index (κ3) is 7.51. The summed E-state index contributed by atoms with van der Waals surface area (Å²) in [6, 6.07) is 6.81. The van der Waals surface area contributed by atoms with Crippen LogP contribution < -0.4 is 10.0 Å². The van der Waals surface area contributed by atoms with Crippen LogP contribution in [0.4, 0.5) is 0 Å². The number of nitrogens with one attached hydrogen (secondary N) is 2. The highest BCUT2D eigenvalue weighted by atomic mass is 32.2. The van der Waals surface area contributed by atoms with E-state index in [1.54, 1.807) is 31.4 Å². The van der Waals surface area contributed by atoms with Crippen molar-refractivity contribution >= 4 is 27.7 Å². The number of carbonyl (C=O) groups is 2. The molecule has 0 aromatic heterocycles. The number of hydrogen-bond acceptors (Lipinski definition) is 7. The van der Waals surface area contributed by atoms with Gasteiger partial charge in [-0.1, -0.05) is 18.6 Å². The molecule has 2 aliphatic rings. The first-order valence-corrected chi connectivity index (χ1v) is 13.3. The van der Waals surface area contributed by atoms with E-state index in [0.717, 1.165) is 25.7 Å². The van der Waals surface area contributed by atoms with E-state index in [4.69, 9.17) is 4.74 Å². The van der Waals surface area contributed by atoms with Gasteiger partial charge in [0.1, 0.15) is 5.84 Å². The number of hydrogen-bond donors (Lipinski definition) is 2. The molecule has 2 N–H and O–H groups in total. The van der Waals surface area contributed by atoms with Gasteiger partial charge in [0.25, 0.3) is 10.0 Å². The zero-order chi connectivity index (χ0) is 24.4. The SMILES string of the molecule is COCCCNC(=O)CN1CCN(C(=O)CCCCCN=C2NS(=O)(=O)c3ccccc32)CC1. The first-order chi connectivity index (χ1) is 16.4. The highest BCUT2D eigenvalue weighted by Crippen LogP contribution is 2.22. The van der Waals surface area contributed by atoms with Gasteiger partial charge in [-0.15, -0.1) is 0 Å². The number of rotatable bonds is 12. The molecule has 2 heterocycles.